The zero-order valence-electron chi connectivity index (χ0n) is 16.1. The van der Waals surface area contributed by atoms with E-state index in [0.29, 0.717) is 32.0 Å². The molecule has 1 fully saturated rings. The lowest BCUT2D eigenvalue weighted by Gasteiger charge is -2.33. The van der Waals surface area contributed by atoms with Crippen LogP contribution in [0.1, 0.15) is 35.9 Å². The Morgan fingerprint density at radius 2 is 2.15 bits per heavy atom. The fraction of sp³-hybridized carbons (Fsp3) is 0.500. The minimum absolute atomic E-state index is 0.134. The number of rotatable bonds is 6. The van der Waals surface area contributed by atoms with Crippen molar-refractivity contribution in [1.29, 1.82) is 0 Å². The van der Waals surface area contributed by atoms with Gasteiger partial charge in [-0.15, -0.1) is 0 Å². The topological polar surface area (TPSA) is 76.7 Å². The average Bonchev–Trinajstić information content (AvgIpc) is 3.09. The quantitative estimate of drug-likeness (QED) is 0.842. The van der Waals surface area contributed by atoms with Crippen molar-refractivity contribution in [3.05, 3.63) is 47.8 Å². The molecule has 7 heteroatoms. The lowest BCUT2D eigenvalue weighted by molar-refractivity contribution is -0.0899. The van der Waals surface area contributed by atoms with Gasteiger partial charge in [-0.3, -0.25) is 9.89 Å². The van der Waals surface area contributed by atoms with Gasteiger partial charge in [0, 0.05) is 19.3 Å². The molecule has 1 aliphatic heterocycles. The highest BCUT2D eigenvalue weighted by Crippen LogP contribution is 2.21. The van der Waals surface area contributed by atoms with E-state index in [1.165, 1.54) is 0 Å². The number of ether oxygens (including phenoxy) is 3. The molecule has 0 bridgehead atoms. The molecule has 1 aliphatic rings. The summed E-state index contributed by atoms with van der Waals surface area (Å²) in [7, 11) is 1.62. The number of para-hydroxylation sites is 1. The monoisotopic (exact) mass is 373 g/mol. The SMILES string of the molecule is COC1(COc2ccccc2)COCCN(C(=O)c2cc(C(C)C)[nH]n2)C1. The second kappa shape index (κ2) is 8.54. The van der Waals surface area contributed by atoms with Gasteiger partial charge in [0.25, 0.3) is 5.91 Å². The van der Waals surface area contributed by atoms with Crippen LogP contribution in [0.4, 0.5) is 0 Å². The summed E-state index contributed by atoms with van der Waals surface area (Å²) in [6.45, 7) is 6.06. The molecule has 146 valence electrons. The number of amides is 1. The van der Waals surface area contributed by atoms with Crippen molar-refractivity contribution >= 4 is 5.91 Å². The van der Waals surface area contributed by atoms with E-state index in [1.807, 2.05) is 36.4 Å². The van der Waals surface area contributed by atoms with Crippen molar-refractivity contribution in [3.8, 4) is 5.75 Å². The van der Waals surface area contributed by atoms with Crippen molar-refractivity contribution in [1.82, 2.24) is 15.1 Å². The molecule has 2 aromatic rings. The van der Waals surface area contributed by atoms with Gasteiger partial charge >= 0.3 is 0 Å². The third kappa shape index (κ3) is 4.67. The lowest BCUT2D eigenvalue weighted by Crippen LogP contribution is -2.51. The molecule has 1 amide bonds. The molecule has 1 unspecified atom stereocenters. The molecule has 0 spiro atoms. The molecule has 7 nitrogen and oxygen atoms in total. The van der Waals surface area contributed by atoms with E-state index in [0.717, 1.165) is 11.4 Å². The van der Waals surface area contributed by atoms with Crippen LogP contribution in [-0.4, -0.2) is 66.6 Å². The standard InChI is InChI=1S/C20H27N3O4/c1-15(2)17-11-18(22-21-17)19(24)23-9-10-26-13-20(12-23,25-3)14-27-16-7-5-4-6-8-16/h4-8,11,15H,9-10,12-14H2,1-3H3,(H,21,22). The van der Waals surface area contributed by atoms with Crippen LogP contribution in [0, 0.1) is 0 Å². The summed E-state index contributed by atoms with van der Waals surface area (Å²) in [6, 6.07) is 11.4. The maximum atomic E-state index is 13.0. The van der Waals surface area contributed by atoms with E-state index in [-0.39, 0.29) is 18.4 Å². The molecule has 0 saturated carbocycles. The second-order valence-electron chi connectivity index (χ2n) is 7.13. The van der Waals surface area contributed by atoms with Crippen LogP contribution in [0.25, 0.3) is 0 Å². The minimum Gasteiger partial charge on any atom is -0.490 e. The maximum Gasteiger partial charge on any atom is 0.274 e. The van der Waals surface area contributed by atoms with E-state index in [9.17, 15) is 4.79 Å². The summed E-state index contributed by atoms with van der Waals surface area (Å²) in [5.74, 6) is 0.901. The van der Waals surface area contributed by atoms with Gasteiger partial charge in [0.15, 0.2) is 0 Å². The second-order valence-corrected chi connectivity index (χ2v) is 7.13. The van der Waals surface area contributed by atoms with Crippen molar-refractivity contribution in [2.45, 2.75) is 25.4 Å². The van der Waals surface area contributed by atoms with Crippen LogP contribution < -0.4 is 4.74 Å². The number of methoxy groups -OCH3 is 1. The van der Waals surface area contributed by atoms with Crippen molar-refractivity contribution < 1.29 is 19.0 Å². The Kier molecular flexibility index (Phi) is 6.13. The van der Waals surface area contributed by atoms with E-state index in [4.69, 9.17) is 14.2 Å². The molecule has 27 heavy (non-hydrogen) atoms. The van der Waals surface area contributed by atoms with Gasteiger partial charge < -0.3 is 19.1 Å². The average molecular weight is 373 g/mol. The maximum absolute atomic E-state index is 13.0. The van der Waals surface area contributed by atoms with Gasteiger partial charge in [0.1, 0.15) is 23.7 Å². The minimum atomic E-state index is -0.737. The number of aromatic amines is 1. The Labute approximate surface area is 159 Å². The Balaban J connectivity index is 1.73. The summed E-state index contributed by atoms with van der Waals surface area (Å²) < 4.78 is 17.4. The first kappa shape index (κ1) is 19.4. The molecule has 0 radical (unpaired) electrons. The predicted octanol–water partition coefficient (Wildman–Crippen LogP) is 2.47. The smallest absolute Gasteiger partial charge is 0.274 e. The Morgan fingerprint density at radius 1 is 1.37 bits per heavy atom. The molecule has 0 aliphatic carbocycles. The third-order valence-corrected chi connectivity index (χ3v) is 4.75. The van der Waals surface area contributed by atoms with Gasteiger partial charge in [0.2, 0.25) is 0 Å². The predicted molar refractivity (Wildman–Crippen MR) is 101 cm³/mol. The van der Waals surface area contributed by atoms with Crippen molar-refractivity contribution in [3.63, 3.8) is 0 Å². The van der Waals surface area contributed by atoms with Crippen molar-refractivity contribution in [2.24, 2.45) is 0 Å². The Bertz CT molecular complexity index is 747. The number of carbonyl (C=O) groups is 1. The van der Waals surface area contributed by atoms with Crippen LogP contribution in [0.2, 0.25) is 0 Å². The normalized spacial score (nSPS) is 20.5. The first-order valence-electron chi connectivity index (χ1n) is 9.18. The van der Waals surface area contributed by atoms with E-state index < -0.39 is 5.60 Å². The summed E-state index contributed by atoms with van der Waals surface area (Å²) >= 11 is 0. The fourth-order valence-corrected chi connectivity index (χ4v) is 2.98. The summed E-state index contributed by atoms with van der Waals surface area (Å²) in [5, 5.41) is 7.12. The highest BCUT2D eigenvalue weighted by Gasteiger charge is 2.38. The van der Waals surface area contributed by atoms with E-state index in [1.54, 1.807) is 12.0 Å². The number of hydrogen-bond acceptors (Lipinski definition) is 5. The van der Waals surface area contributed by atoms with Crippen LogP contribution in [-0.2, 0) is 9.47 Å². The molecule has 1 aromatic heterocycles. The zero-order valence-corrected chi connectivity index (χ0v) is 16.1. The largest absolute Gasteiger partial charge is 0.490 e. The number of carbonyl (C=O) groups excluding carboxylic acids is 1. The molecular weight excluding hydrogens is 346 g/mol. The zero-order chi connectivity index (χ0) is 19.3. The number of nitrogens with one attached hydrogen (secondary N) is 1. The fourth-order valence-electron chi connectivity index (χ4n) is 2.98. The number of benzene rings is 1. The van der Waals surface area contributed by atoms with Gasteiger partial charge in [-0.2, -0.15) is 5.10 Å². The van der Waals surface area contributed by atoms with E-state index in [2.05, 4.69) is 24.0 Å². The molecule has 1 aromatic carbocycles. The molecule has 1 atom stereocenters. The van der Waals surface area contributed by atoms with Crippen LogP contribution >= 0.6 is 0 Å². The van der Waals surface area contributed by atoms with E-state index >= 15 is 0 Å². The highest BCUT2D eigenvalue weighted by molar-refractivity contribution is 5.92. The summed E-state index contributed by atoms with van der Waals surface area (Å²) in [6.07, 6.45) is 0. The molecule has 1 N–H and O–H groups in total. The highest BCUT2D eigenvalue weighted by atomic mass is 16.6. The molecular formula is C20H27N3O4. The first-order chi connectivity index (χ1) is 13.0. The summed E-state index contributed by atoms with van der Waals surface area (Å²) in [5.41, 5.74) is 0.614. The van der Waals surface area contributed by atoms with Gasteiger partial charge in [-0.1, -0.05) is 32.0 Å². The van der Waals surface area contributed by atoms with Crippen LogP contribution in [0.5, 0.6) is 5.75 Å². The number of aromatic nitrogens is 2. The molecule has 3 rings (SSSR count). The number of nitrogens with zero attached hydrogens (tertiary/aromatic N) is 2. The Morgan fingerprint density at radius 3 is 2.81 bits per heavy atom. The third-order valence-electron chi connectivity index (χ3n) is 4.75. The molecule has 2 heterocycles. The lowest BCUT2D eigenvalue weighted by atomic mass is 10.1. The first-order valence-corrected chi connectivity index (χ1v) is 9.18. The number of H-pyrrole nitrogens is 1. The Hall–Kier alpha value is -2.38. The van der Waals surface area contributed by atoms with Crippen LogP contribution in [0.3, 0.4) is 0 Å². The molecule has 1 saturated heterocycles. The van der Waals surface area contributed by atoms with Gasteiger partial charge in [0.05, 0.1) is 19.8 Å². The summed E-state index contributed by atoms with van der Waals surface area (Å²) in [4.78, 5) is 14.7. The number of hydrogen-bond donors (Lipinski definition) is 1. The van der Waals surface area contributed by atoms with Gasteiger partial charge in [-0.05, 0) is 24.1 Å². The van der Waals surface area contributed by atoms with Gasteiger partial charge in [-0.25, -0.2) is 0 Å². The van der Waals surface area contributed by atoms with Crippen LogP contribution in [0.15, 0.2) is 36.4 Å². The van der Waals surface area contributed by atoms with Crippen molar-refractivity contribution in [2.75, 3.05) is 40.0 Å².